The first-order valence-electron chi connectivity index (χ1n) is 13.7. The lowest BCUT2D eigenvalue weighted by Gasteiger charge is -2.62. The molecule has 0 bridgehead atoms. The van der Waals surface area contributed by atoms with E-state index < -0.39 is 51.9 Å². The summed E-state index contributed by atoms with van der Waals surface area (Å²) >= 11 is 0. The Balaban J connectivity index is 1.75. The molecule has 37 heavy (non-hydrogen) atoms. The Kier molecular flexibility index (Phi) is 6.74. The summed E-state index contributed by atoms with van der Waals surface area (Å²) in [6, 6.07) is 0. The molecule has 1 saturated carbocycles. The van der Waals surface area contributed by atoms with Crippen molar-refractivity contribution in [3.05, 3.63) is 22.8 Å². The average molecular weight is 517 g/mol. The van der Waals surface area contributed by atoms with Crippen LogP contribution in [0.5, 0.6) is 0 Å². The Morgan fingerprint density at radius 2 is 1.68 bits per heavy atom. The van der Waals surface area contributed by atoms with Crippen molar-refractivity contribution >= 4 is 17.5 Å². The smallest absolute Gasteiger partial charge is 0.306 e. The van der Waals surface area contributed by atoms with E-state index in [1.54, 1.807) is 6.08 Å². The van der Waals surface area contributed by atoms with E-state index in [0.717, 1.165) is 5.57 Å². The molecule has 1 unspecified atom stereocenters. The summed E-state index contributed by atoms with van der Waals surface area (Å²) in [6.07, 6.45) is 1.32. The van der Waals surface area contributed by atoms with Crippen molar-refractivity contribution in [3.8, 4) is 0 Å². The largest absolute Gasteiger partial charge is 0.481 e. The zero-order valence-corrected chi connectivity index (χ0v) is 23.3. The molecule has 0 aromatic rings. The third-order valence-corrected chi connectivity index (χ3v) is 11.2. The molecule has 206 valence electrons. The molecular formula is C30H44O7. The summed E-state index contributed by atoms with van der Waals surface area (Å²) in [7, 11) is 0. The lowest BCUT2D eigenvalue weighted by Crippen LogP contribution is -2.61. The quantitative estimate of drug-likeness (QED) is 0.394. The fourth-order valence-electron chi connectivity index (χ4n) is 8.76. The molecule has 4 rings (SSSR count). The normalized spacial score (nSPS) is 42.3. The third kappa shape index (κ3) is 3.82. The number of aliphatic carboxylic acids is 1. The highest BCUT2D eigenvalue weighted by Gasteiger charge is 2.67. The Morgan fingerprint density at radius 3 is 2.27 bits per heavy atom. The molecule has 9 atom stereocenters. The summed E-state index contributed by atoms with van der Waals surface area (Å²) in [6.45, 7) is 13.5. The van der Waals surface area contributed by atoms with Gasteiger partial charge in [0.25, 0.3) is 0 Å². The first-order valence-corrected chi connectivity index (χ1v) is 13.7. The van der Waals surface area contributed by atoms with Gasteiger partial charge in [-0.3, -0.25) is 14.4 Å². The molecule has 7 nitrogen and oxygen atoms in total. The van der Waals surface area contributed by atoms with Crippen LogP contribution in [0.4, 0.5) is 0 Å². The Morgan fingerprint density at radius 1 is 1.05 bits per heavy atom. The van der Waals surface area contributed by atoms with Crippen molar-refractivity contribution in [2.75, 3.05) is 0 Å². The SMILES string of the molecule is CC(CC(=O)C[C@@H](C)C1=C[C@@H](O)[C@@]2(C)C3=C(C(=O)C[C@]12C)[C@@]1(C)CC[C@H](O)C(C)(C)[C@@H]1C[C@@H]3O)C(=O)O. The van der Waals surface area contributed by atoms with E-state index >= 15 is 0 Å². The predicted molar refractivity (Wildman–Crippen MR) is 138 cm³/mol. The number of hydrogen-bond acceptors (Lipinski definition) is 6. The lowest BCUT2D eigenvalue weighted by molar-refractivity contribution is -0.143. The van der Waals surface area contributed by atoms with Crippen molar-refractivity contribution < 1.29 is 34.8 Å². The number of carbonyl (C=O) groups is 3. The van der Waals surface area contributed by atoms with Crippen molar-refractivity contribution in [1.29, 1.82) is 0 Å². The number of Topliss-reactive ketones (excluding diaryl/α,β-unsaturated/α-hetero) is 2. The van der Waals surface area contributed by atoms with Crippen LogP contribution in [0.25, 0.3) is 0 Å². The molecule has 0 aromatic heterocycles. The maximum atomic E-state index is 14.1. The number of carboxylic acids is 1. The summed E-state index contributed by atoms with van der Waals surface area (Å²) in [5.74, 6) is -2.31. The van der Waals surface area contributed by atoms with Crippen LogP contribution >= 0.6 is 0 Å². The highest BCUT2D eigenvalue weighted by atomic mass is 16.4. The summed E-state index contributed by atoms with van der Waals surface area (Å²) in [5, 5.41) is 43.1. The predicted octanol–water partition coefficient (Wildman–Crippen LogP) is 3.84. The van der Waals surface area contributed by atoms with Gasteiger partial charge in [-0.1, -0.05) is 60.1 Å². The van der Waals surface area contributed by atoms with Gasteiger partial charge in [-0.25, -0.2) is 0 Å². The molecule has 0 aromatic carbocycles. The molecular weight excluding hydrogens is 472 g/mol. The maximum Gasteiger partial charge on any atom is 0.306 e. The fraction of sp³-hybridized carbons (Fsp3) is 0.767. The Hall–Kier alpha value is -1.83. The van der Waals surface area contributed by atoms with Gasteiger partial charge in [-0.2, -0.15) is 0 Å². The summed E-state index contributed by atoms with van der Waals surface area (Å²) in [4.78, 5) is 38.0. The van der Waals surface area contributed by atoms with E-state index in [9.17, 15) is 34.8 Å². The highest BCUT2D eigenvalue weighted by Crippen LogP contribution is 2.70. The second-order valence-corrected chi connectivity index (χ2v) is 13.7. The van der Waals surface area contributed by atoms with Crippen LogP contribution in [0.1, 0.15) is 87.0 Å². The van der Waals surface area contributed by atoms with E-state index in [1.165, 1.54) is 6.92 Å². The average Bonchev–Trinajstić information content (AvgIpc) is 2.99. The zero-order chi connectivity index (χ0) is 27.9. The molecule has 0 amide bonds. The number of aliphatic hydroxyl groups excluding tert-OH is 3. The van der Waals surface area contributed by atoms with Crippen LogP contribution in [0.3, 0.4) is 0 Å². The summed E-state index contributed by atoms with van der Waals surface area (Å²) in [5.41, 5.74) is -0.557. The van der Waals surface area contributed by atoms with Crippen LogP contribution < -0.4 is 0 Å². The van der Waals surface area contributed by atoms with E-state index in [-0.39, 0.29) is 42.7 Å². The van der Waals surface area contributed by atoms with Gasteiger partial charge in [0, 0.05) is 35.7 Å². The molecule has 4 aliphatic carbocycles. The molecule has 0 radical (unpaired) electrons. The van der Waals surface area contributed by atoms with Gasteiger partial charge in [0.2, 0.25) is 0 Å². The second kappa shape index (κ2) is 8.85. The van der Waals surface area contributed by atoms with Gasteiger partial charge in [-0.15, -0.1) is 0 Å². The topological polar surface area (TPSA) is 132 Å². The molecule has 0 saturated heterocycles. The van der Waals surface area contributed by atoms with Crippen LogP contribution in [-0.4, -0.2) is 56.3 Å². The van der Waals surface area contributed by atoms with Crippen molar-refractivity contribution in [2.24, 2.45) is 39.4 Å². The van der Waals surface area contributed by atoms with E-state index in [0.29, 0.717) is 30.4 Å². The van der Waals surface area contributed by atoms with E-state index in [2.05, 4.69) is 6.92 Å². The molecule has 4 aliphatic rings. The lowest BCUT2D eigenvalue weighted by atomic mass is 9.42. The molecule has 4 N–H and O–H groups in total. The number of allylic oxidation sites excluding steroid dienone is 2. The van der Waals surface area contributed by atoms with E-state index in [1.807, 2.05) is 34.6 Å². The minimum atomic E-state index is -1.01. The van der Waals surface area contributed by atoms with Gasteiger partial charge in [0.15, 0.2) is 5.78 Å². The monoisotopic (exact) mass is 516 g/mol. The number of carbonyl (C=O) groups excluding carboxylic acids is 2. The molecule has 1 fully saturated rings. The molecule has 7 heteroatoms. The van der Waals surface area contributed by atoms with Crippen LogP contribution in [0, 0.1) is 39.4 Å². The first kappa shape index (κ1) is 28.2. The number of rotatable bonds is 6. The van der Waals surface area contributed by atoms with Crippen molar-refractivity contribution in [2.45, 2.75) is 105 Å². The van der Waals surface area contributed by atoms with Crippen LogP contribution in [0.2, 0.25) is 0 Å². The number of carboxylic acid groups (broad SMARTS) is 1. The standard InChI is InChI=1S/C30H44O7/c1-15(10-17(31)11-16(2)26(36)37)18-12-23(35)30(7)25-19(32)13-21-27(3,4)22(34)8-9-28(21,5)24(25)20(33)14-29(18,30)6/h12,15-16,19,21-23,32,34-35H,8-11,13-14H2,1-7H3,(H,36,37)/t15-,16?,19+,21+,22+,23-,28+,29-,30+/m1/s1. The summed E-state index contributed by atoms with van der Waals surface area (Å²) < 4.78 is 0. The minimum Gasteiger partial charge on any atom is -0.481 e. The number of hydrogen-bond donors (Lipinski definition) is 4. The van der Waals surface area contributed by atoms with Crippen molar-refractivity contribution in [3.63, 3.8) is 0 Å². The highest BCUT2D eigenvalue weighted by molar-refractivity contribution is 6.00. The molecule has 0 spiro atoms. The van der Waals surface area contributed by atoms with Gasteiger partial charge in [0.1, 0.15) is 5.78 Å². The van der Waals surface area contributed by atoms with E-state index in [4.69, 9.17) is 0 Å². The molecule has 0 aliphatic heterocycles. The Labute approximate surface area is 220 Å². The van der Waals surface area contributed by atoms with Gasteiger partial charge < -0.3 is 20.4 Å². The zero-order valence-electron chi connectivity index (χ0n) is 23.3. The number of ketones is 2. The van der Waals surface area contributed by atoms with Gasteiger partial charge in [-0.05, 0) is 47.5 Å². The van der Waals surface area contributed by atoms with Gasteiger partial charge in [0.05, 0.1) is 24.2 Å². The van der Waals surface area contributed by atoms with Crippen molar-refractivity contribution in [1.82, 2.24) is 0 Å². The molecule has 0 heterocycles. The Bertz CT molecular complexity index is 1090. The maximum absolute atomic E-state index is 14.1. The van der Waals surface area contributed by atoms with Crippen LogP contribution in [-0.2, 0) is 14.4 Å². The minimum absolute atomic E-state index is 0.0218. The van der Waals surface area contributed by atoms with Gasteiger partial charge >= 0.3 is 5.97 Å². The second-order valence-electron chi connectivity index (χ2n) is 13.7. The number of aliphatic hydroxyl groups is 3. The van der Waals surface area contributed by atoms with Crippen LogP contribution in [0.15, 0.2) is 22.8 Å². The number of fused-ring (bicyclic) bond motifs is 4. The fourth-order valence-corrected chi connectivity index (χ4v) is 8.76. The third-order valence-electron chi connectivity index (χ3n) is 11.2. The first-order chi connectivity index (χ1) is 16.9.